The highest BCUT2D eigenvalue weighted by Gasteiger charge is 2.23. The molecule has 0 spiro atoms. The molecule has 0 saturated heterocycles. The summed E-state index contributed by atoms with van der Waals surface area (Å²) in [5, 5.41) is 0. The van der Waals surface area contributed by atoms with Crippen molar-refractivity contribution in [2.75, 3.05) is 6.61 Å². The Bertz CT molecular complexity index is 337. The van der Waals surface area contributed by atoms with Crippen LogP contribution in [0.3, 0.4) is 0 Å². The maximum atomic E-state index is 6.04. The van der Waals surface area contributed by atoms with Crippen LogP contribution in [0.4, 0.5) is 0 Å². The van der Waals surface area contributed by atoms with Gasteiger partial charge in [-0.15, -0.1) is 0 Å². The molecular weight excluding hydrogens is 198 g/mol. The summed E-state index contributed by atoms with van der Waals surface area (Å²) in [6.07, 6.45) is 4.57. The molecule has 0 aromatic heterocycles. The van der Waals surface area contributed by atoms with E-state index in [1.165, 1.54) is 12.0 Å². The minimum absolute atomic E-state index is 0.359. The fourth-order valence-electron chi connectivity index (χ4n) is 2.40. The molecule has 88 valence electrons. The molecule has 2 nitrogen and oxygen atoms in total. The minimum atomic E-state index is 0.359. The molecule has 0 aliphatic carbocycles. The zero-order chi connectivity index (χ0) is 11.4. The van der Waals surface area contributed by atoms with Gasteiger partial charge >= 0.3 is 0 Å². The summed E-state index contributed by atoms with van der Waals surface area (Å²) in [5.41, 5.74) is 7.41. The number of ether oxygens (including phenoxy) is 1. The molecule has 1 aromatic carbocycles. The normalized spacial score (nSPS) is 20.2. The van der Waals surface area contributed by atoms with E-state index < -0.39 is 0 Å². The lowest BCUT2D eigenvalue weighted by atomic mass is 9.93. The molecular formula is C14H21NO. The third-order valence-corrected chi connectivity index (χ3v) is 3.34. The summed E-state index contributed by atoms with van der Waals surface area (Å²) >= 11 is 0. The smallest absolute Gasteiger partial charge is 0.122 e. The number of fused-ring (bicyclic) bond motifs is 1. The van der Waals surface area contributed by atoms with E-state index in [0.717, 1.165) is 31.6 Å². The zero-order valence-corrected chi connectivity index (χ0v) is 9.99. The van der Waals surface area contributed by atoms with Crippen LogP contribution in [0.25, 0.3) is 0 Å². The van der Waals surface area contributed by atoms with Crippen LogP contribution in [0.15, 0.2) is 24.3 Å². The lowest BCUT2D eigenvalue weighted by Crippen LogP contribution is -2.20. The summed E-state index contributed by atoms with van der Waals surface area (Å²) in [4.78, 5) is 0. The summed E-state index contributed by atoms with van der Waals surface area (Å²) in [6, 6.07) is 8.72. The van der Waals surface area contributed by atoms with Crippen LogP contribution in [0.5, 0.6) is 5.75 Å². The van der Waals surface area contributed by atoms with Crippen molar-refractivity contribution >= 4 is 0 Å². The Kier molecular flexibility index (Phi) is 3.83. The average Bonchev–Trinajstić information content (AvgIpc) is 2.70. The number of hydrogen-bond donors (Lipinski definition) is 1. The molecule has 1 aliphatic heterocycles. The second-order valence-corrected chi connectivity index (χ2v) is 4.67. The van der Waals surface area contributed by atoms with Gasteiger partial charge in [-0.2, -0.15) is 0 Å². The lowest BCUT2D eigenvalue weighted by Gasteiger charge is -2.13. The molecule has 2 unspecified atom stereocenters. The number of hydrogen-bond acceptors (Lipinski definition) is 2. The lowest BCUT2D eigenvalue weighted by molar-refractivity contribution is 0.319. The predicted octanol–water partition coefficient (Wildman–Crippen LogP) is 3.07. The molecule has 1 heterocycles. The van der Waals surface area contributed by atoms with Crippen molar-refractivity contribution in [3.8, 4) is 5.75 Å². The van der Waals surface area contributed by atoms with E-state index in [4.69, 9.17) is 10.5 Å². The molecule has 0 amide bonds. The first-order valence-electron chi connectivity index (χ1n) is 6.28. The molecule has 2 rings (SSSR count). The average molecular weight is 219 g/mol. The van der Waals surface area contributed by atoms with E-state index >= 15 is 0 Å². The fraction of sp³-hybridized carbons (Fsp3) is 0.571. The molecule has 0 fully saturated rings. The Morgan fingerprint density at radius 3 is 3.00 bits per heavy atom. The predicted molar refractivity (Wildman–Crippen MR) is 66.8 cm³/mol. The molecule has 0 bridgehead atoms. The van der Waals surface area contributed by atoms with Crippen molar-refractivity contribution in [2.24, 2.45) is 5.73 Å². The summed E-state index contributed by atoms with van der Waals surface area (Å²) in [5.74, 6) is 1.62. The maximum absolute atomic E-state index is 6.04. The second-order valence-electron chi connectivity index (χ2n) is 4.67. The van der Waals surface area contributed by atoms with Crippen LogP contribution in [0, 0.1) is 0 Å². The first kappa shape index (κ1) is 11.5. The summed E-state index contributed by atoms with van der Waals surface area (Å²) < 4.78 is 5.66. The standard InChI is InChI=1S/C14H21NO/c1-2-5-12(15)9-8-11-10-16-14-7-4-3-6-13(11)14/h3-4,6-7,11-12H,2,5,8-10,15H2,1H3. The highest BCUT2D eigenvalue weighted by molar-refractivity contribution is 5.39. The van der Waals surface area contributed by atoms with Gasteiger partial charge in [0.15, 0.2) is 0 Å². The molecule has 2 atom stereocenters. The van der Waals surface area contributed by atoms with E-state index in [-0.39, 0.29) is 0 Å². The van der Waals surface area contributed by atoms with E-state index in [2.05, 4.69) is 25.1 Å². The molecule has 1 aromatic rings. The quantitative estimate of drug-likeness (QED) is 0.826. The van der Waals surface area contributed by atoms with Gasteiger partial charge in [0.2, 0.25) is 0 Å². The Balaban J connectivity index is 1.88. The highest BCUT2D eigenvalue weighted by atomic mass is 16.5. The molecule has 16 heavy (non-hydrogen) atoms. The highest BCUT2D eigenvalue weighted by Crippen LogP contribution is 2.36. The number of benzene rings is 1. The summed E-state index contributed by atoms with van der Waals surface area (Å²) in [7, 11) is 0. The van der Waals surface area contributed by atoms with Crippen LogP contribution in [0.2, 0.25) is 0 Å². The Morgan fingerprint density at radius 1 is 1.38 bits per heavy atom. The van der Waals surface area contributed by atoms with Crippen molar-refractivity contribution in [1.82, 2.24) is 0 Å². The van der Waals surface area contributed by atoms with Crippen LogP contribution in [-0.2, 0) is 0 Å². The zero-order valence-electron chi connectivity index (χ0n) is 9.99. The third kappa shape index (κ3) is 2.56. The topological polar surface area (TPSA) is 35.2 Å². The van der Waals surface area contributed by atoms with E-state index in [1.807, 2.05) is 6.07 Å². The molecule has 2 N–H and O–H groups in total. The number of rotatable bonds is 5. The SMILES string of the molecule is CCCC(N)CCC1COc2ccccc21. The van der Waals surface area contributed by atoms with Crippen LogP contribution < -0.4 is 10.5 Å². The van der Waals surface area contributed by atoms with Gasteiger partial charge in [0.05, 0.1) is 6.61 Å². The van der Waals surface area contributed by atoms with Gasteiger partial charge in [0.1, 0.15) is 5.75 Å². The maximum Gasteiger partial charge on any atom is 0.122 e. The monoisotopic (exact) mass is 219 g/mol. The molecule has 0 radical (unpaired) electrons. The van der Waals surface area contributed by atoms with E-state index in [9.17, 15) is 0 Å². The van der Waals surface area contributed by atoms with Crippen LogP contribution in [0.1, 0.15) is 44.1 Å². The van der Waals surface area contributed by atoms with Crippen LogP contribution >= 0.6 is 0 Å². The Hall–Kier alpha value is -1.02. The second kappa shape index (κ2) is 5.35. The van der Waals surface area contributed by atoms with Gasteiger partial charge < -0.3 is 10.5 Å². The first-order chi connectivity index (χ1) is 7.81. The van der Waals surface area contributed by atoms with Crippen molar-refractivity contribution < 1.29 is 4.74 Å². The van der Waals surface area contributed by atoms with Crippen molar-refractivity contribution in [3.05, 3.63) is 29.8 Å². The van der Waals surface area contributed by atoms with Crippen molar-refractivity contribution in [3.63, 3.8) is 0 Å². The van der Waals surface area contributed by atoms with E-state index in [1.54, 1.807) is 0 Å². The van der Waals surface area contributed by atoms with Gasteiger partial charge in [-0.3, -0.25) is 0 Å². The Morgan fingerprint density at radius 2 is 2.19 bits per heavy atom. The van der Waals surface area contributed by atoms with Gasteiger partial charge in [-0.25, -0.2) is 0 Å². The molecule has 1 aliphatic rings. The molecule has 2 heteroatoms. The van der Waals surface area contributed by atoms with E-state index in [0.29, 0.717) is 12.0 Å². The van der Waals surface area contributed by atoms with Gasteiger partial charge in [-0.1, -0.05) is 31.5 Å². The number of nitrogens with two attached hydrogens (primary N) is 1. The summed E-state index contributed by atoms with van der Waals surface area (Å²) in [6.45, 7) is 3.02. The van der Waals surface area contributed by atoms with Gasteiger partial charge in [0, 0.05) is 17.5 Å². The first-order valence-corrected chi connectivity index (χ1v) is 6.28. The van der Waals surface area contributed by atoms with Crippen LogP contribution in [-0.4, -0.2) is 12.6 Å². The van der Waals surface area contributed by atoms with Crippen molar-refractivity contribution in [1.29, 1.82) is 0 Å². The Labute approximate surface area is 97.8 Å². The third-order valence-electron chi connectivity index (χ3n) is 3.34. The fourth-order valence-corrected chi connectivity index (χ4v) is 2.40. The van der Waals surface area contributed by atoms with Gasteiger partial charge in [-0.05, 0) is 25.3 Å². The minimum Gasteiger partial charge on any atom is -0.493 e. The van der Waals surface area contributed by atoms with Gasteiger partial charge in [0.25, 0.3) is 0 Å². The number of para-hydroxylation sites is 1. The van der Waals surface area contributed by atoms with Crippen molar-refractivity contribution in [2.45, 2.75) is 44.6 Å². The largest absolute Gasteiger partial charge is 0.493 e. The molecule has 0 saturated carbocycles.